The van der Waals surface area contributed by atoms with Gasteiger partial charge in [0.25, 0.3) is 0 Å². The Morgan fingerprint density at radius 1 is 1.31 bits per heavy atom. The van der Waals surface area contributed by atoms with Crippen LogP contribution in [0.4, 0.5) is 5.69 Å². The van der Waals surface area contributed by atoms with E-state index in [9.17, 15) is 0 Å². The van der Waals surface area contributed by atoms with Gasteiger partial charge in [-0.25, -0.2) is 9.97 Å². The second-order valence-electron chi connectivity index (χ2n) is 2.34. The Labute approximate surface area is 82.4 Å². The fourth-order valence-electron chi connectivity index (χ4n) is 0.991. The molecule has 2 N–H and O–H groups in total. The molecule has 1 aromatic carbocycles. The third kappa shape index (κ3) is 2.32. The van der Waals surface area contributed by atoms with Crippen LogP contribution in [0.1, 0.15) is 0 Å². The number of hydrogen-bond donors (Lipinski definition) is 2. The maximum Gasteiger partial charge on any atom is 0.116 e. The largest absolute Gasteiger partial charge is 0.399 e. The molecule has 1 aromatic heterocycles. The van der Waals surface area contributed by atoms with Crippen LogP contribution < -0.4 is 5.73 Å². The standard InChI is InChI=1S/C8H7N3.CH4S/c9-7-2-1-6-4-10-5-11-8(6)3-7;1-2/h1-5H,9H2;2H,1H3. The lowest BCUT2D eigenvalue weighted by Crippen LogP contribution is -1.85. The van der Waals surface area contributed by atoms with Crippen LogP contribution >= 0.6 is 12.6 Å². The molecule has 0 amide bonds. The number of thiol groups is 1. The first-order valence-electron chi connectivity index (χ1n) is 3.76. The zero-order valence-electron chi connectivity index (χ0n) is 7.31. The second kappa shape index (κ2) is 4.67. The predicted octanol–water partition coefficient (Wildman–Crippen LogP) is 1.76. The van der Waals surface area contributed by atoms with Gasteiger partial charge < -0.3 is 5.73 Å². The molecule has 68 valence electrons. The van der Waals surface area contributed by atoms with Gasteiger partial charge in [0, 0.05) is 17.3 Å². The summed E-state index contributed by atoms with van der Waals surface area (Å²) >= 11 is 3.53. The zero-order valence-corrected chi connectivity index (χ0v) is 8.20. The number of fused-ring (bicyclic) bond motifs is 1. The van der Waals surface area contributed by atoms with Crippen molar-refractivity contribution in [2.24, 2.45) is 0 Å². The van der Waals surface area contributed by atoms with Crippen molar-refractivity contribution < 1.29 is 0 Å². The van der Waals surface area contributed by atoms with Crippen molar-refractivity contribution in [3.63, 3.8) is 0 Å². The Kier molecular flexibility index (Phi) is 3.52. The van der Waals surface area contributed by atoms with E-state index < -0.39 is 0 Å². The Bertz CT molecular complexity index is 389. The molecular formula is C9H11N3S. The van der Waals surface area contributed by atoms with E-state index in [2.05, 4.69) is 22.6 Å². The number of nitrogens with zero attached hydrogens (tertiary/aromatic N) is 2. The molecule has 2 aromatic rings. The molecule has 0 aliphatic heterocycles. The molecule has 0 aliphatic rings. The summed E-state index contributed by atoms with van der Waals surface area (Å²) in [7, 11) is 0. The minimum absolute atomic E-state index is 0.733. The fraction of sp³-hybridized carbons (Fsp3) is 0.111. The van der Waals surface area contributed by atoms with E-state index in [0.717, 1.165) is 16.6 Å². The molecule has 0 atom stereocenters. The normalized spacial score (nSPS) is 9.08. The molecule has 1 heterocycles. The molecule has 0 bridgehead atoms. The van der Waals surface area contributed by atoms with E-state index in [4.69, 9.17) is 5.73 Å². The van der Waals surface area contributed by atoms with Gasteiger partial charge in [0.1, 0.15) is 6.33 Å². The highest BCUT2D eigenvalue weighted by molar-refractivity contribution is 7.79. The fourth-order valence-corrected chi connectivity index (χ4v) is 0.991. The van der Waals surface area contributed by atoms with Crippen LogP contribution in [-0.4, -0.2) is 16.2 Å². The van der Waals surface area contributed by atoms with Crippen molar-refractivity contribution in [3.05, 3.63) is 30.7 Å². The van der Waals surface area contributed by atoms with E-state index in [0.29, 0.717) is 0 Å². The van der Waals surface area contributed by atoms with Crippen molar-refractivity contribution in [1.82, 2.24) is 9.97 Å². The molecule has 2 rings (SSSR count). The predicted molar refractivity (Wildman–Crippen MR) is 58.9 cm³/mol. The summed E-state index contributed by atoms with van der Waals surface area (Å²) in [6.07, 6.45) is 4.98. The van der Waals surface area contributed by atoms with Crippen LogP contribution in [0.2, 0.25) is 0 Å². The van der Waals surface area contributed by atoms with Crippen LogP contribution in [0, 0.1) is 0 Å². The van der Waals surface area contributed by atoms with E-state index in [1.54, 1.807) is 12.5 Å². The van der Waals surface area contributed by atoms with Gasteiger partial charge in [0.15, 0.2) is 0 Å². The Hall–Kier alpha value is -1.29. The molecule has 3 nitrogen and oxygen atoms in total. The van der Waals surface area contributed by atoms with Crippen LogP contribution in [-0.2, 0) is 0 Å². The quantitative estimate of drug-likeness (QED) is 0.495. The number of benzene rings is 1. The third-order valence-electron chi connectivity index (χ3n) is 1.53. The summed E-state index contributed by atoms with van der Waals surface area (Å²) < 4.78 is 0. The molecule has 0 spiro atoms. The number of aromatic nitrogens is 2. The smallest absolute Gasteiger partial charge is 0.116 e. The van der Waals surface area contributed by atoms with E-state index in [1.807, 2.05) is 18.2 Å². The topological polar surface area (TPSA) is 51.8 Å². The minimum Gasteiger partial charge on any atom is -0.399 e. The minimum atomic E-state index is 0.733. The maximum atomic E-state index is 5.56. The molecule has 0 saturated heterocycles. The highest BCUT2D eigenvalue weighted by Gasteiger charge is 1.92. The first-order chi connectivity index (χ1) is 6.36. The third-order valence-corrected chi connectivity index (χ3v) is 1.53. The SMILES string of the molecule is CS.Nc1ccc2cncnc2c1. The average molecular weight is 193 g/mol. The van der Waals surface area contributed by atoms with Crippen LogP contribution in [0.15, 0.2) is 30.7 Å². The molecule has 0 saturated carbocycles. The molecular weight excluding hydrogens is 182 g/mol. The van der Waals surface area contributed by atoms with Crippen molar-refractivity contribution in [2.75, 3.05) is 12.0 Å². The lowest BCUT2D eigenvalue weighted by atomic mass is 10.2. The Morgan fingerprint density at radius 2 is 2.08 bits per heavy atom. The monoisotopic (exact) mass is 193 g/mol. The van der Waals surface area contributed by atoms with E-state index in [-0.39, 0.29) is 0 Å². The summed E-state index contributed by atoms with van der Waals surface area (Å²) in [5.74, 6) is 0. The summed E-state index contributed by atoms with van der Waals surface area (Å²) in [5, 5.41) is 1.02. The van der Waals surface area contributed by atoms with Gasteiger partial charge in [-0.05, 0) is 24.5 Å². The van der Waals surface area contributed by atoms with Crippen LogP contribution in [0.3, 0.4) is 0 Å². The summed E-state index contributed by atoms with van der Waals surface area (Å²) in [6.45, 7) is 0. The molecule has 0 unspecified atom stereocenters. The first-order valence-corrected chi connectivity index (χ1v) is 4.66. The first kappa shape index (κ1) is 9.80. The zero-order chi connectivity index (χ0) is 9.68. The molecule has 4 heteroatoms. The molecule has 0 aliphatic carbocycles. The number of nitrogen functional groups attached to an aromatic ring is 1. The van der Waals surface area contributed by atoms with Gasteiger partial charge in [0.05, 0.1) is 5.52 Å². The highest BCUT2D eigenvalue weighted by atomic mass is 32.1. The summed E-state index contributed by atoms with van der Waals surface area (Å²) in [4.78, 5) is 7.94. The number of nitrogens with two attached hydrogens (primary N) is 1. The Morgan fingerprint density at radius 3 is 2.85 bits per heavy atom. The maximum absolute atomic E-state index is 5.56. The van der Waals surface area contributed by atoms with Gasteiger partial charge >= 0.3 is 0 Å². The molecule has 0 radical (unpaired) electrons. The number of anilines is 1. The van der Waals surface area contributed by atoms with Crippen LogP contribution in [0.5, 0.6) is 0 Å². The molecule has 13 heavy (non-hydrogen) atoms. The summed E-state index contributed by atoms with van der Waals surface area (Å²) in [6, 6.07) is 5.58. The Balaban J connectivity index is 0.000000396. The van der Waals surface area contributed by atoms with Crippen molar-refractivity contribution in [3.8, 4) is 0 Å². The van der Waals surface area contributed by atoms with E-state index in [1.165, 1.54) is 6.33 Å². The van der Waals surface area contributed by atoms with Crippen molar-refractivity contribution in [2.45, 2.75) is 0 Å². The summed E-state index contributed by atoms with van der Waals surface area (Å²) in [5.41, 5.74) is 7.18. The van der Waals surface area contributed by atoms with Gasteiger partial charge in [0.2, 0.25) is 0 Å². The van der Waals surface area contributed by atoms with Gasteiger partial charge in [-0.15, -0.1) is 0 Å². The average Bonchev–Trinajstić information content (AvgIpc) is 2.21. The van der Waals surface area contributed by atoms with Gasteiger partial charge in [-0.2, -0.15) is 12.6 Å². The lowest BCUT2D eigenvalue weighted by Gasteiger charge is -1.95. The van der Waals surface area contributed by atoms with E-state index >= 15 is 0 Å². The van der Waals surface area contributed by atoms with Crippen molar-refractivity contribution in [1.29, 1.82) is 0 Å². The van der Waals surface area contributed by atoms with Gasteiger partial charge in [-0.3, -0.25) is 0 Å². The lowest BCUT2D eigenvalue weighted by molar-refractivity contribution is 1.22. The highest BCUT2D eigenvalue weighted by Crippen LogP contribution is 2.12. The van der Waals surface area contributed by atoms with Crippen molar-refractivity contribution >= 4 is 29.2 Å². The van der Waals surface area contributed by atoms with Crippen LogP contribution in [0.25, 0.3) is 10.9 Å². The second-order valence-corrected chi connectivity index (χ2v) is 2.34. The number of hydrogen-bond acceptors (Lipinski definition) is 4. The van der Waals surface area contributed by atoms with Gasteiger partial charge in [-0.1, -0.05) is 0 Å². The number of rotatable bonds is 0. The molecule has 0 fully saturated rings.